The van der Waals surface area contributed by atoms with Gasteiger partial charge in [0.25, 0.3) is 0 Å². The van der Waals surface area contributed by atoms with Crippen molar-refractivity contribution in [2.75, 3.05) is 12.8 Å². The zero-order valence-corrected chi connectivity index (χ0v) is 12.2. The van der Waals surface area contributed by atoms with Gasteiger partial charge in [-0.3, -0.25) is 0 Å². The fourth-order valence-corrected chi connectivity index (χ4v) is 1.59. The first-order valence-electron chi connectivity index (χ1n) is 6.50. The summed E-state index contributed by atoms with van der Waals surface area (Å²) >= 11 is 0. The molecule has 0 atom stereocenters. The molecule has 2 rings (SSSR count). The predicted molar refractivity (Wildman–Crippen MR) is 77.3 cm³/mol. The maximum Gasteiger partial charge on any atom is 0.324 e. The lowest BCUT2D eigenvalue weighted by molar-refractivity contribution is 0.212. The molecule has 7 heteroatoms. The van der Waals surface area contributed by atoms with Crippen LogP contribution in [0.5, 0.6) is 17.8 Å². The molecule has 0 unspecified atom stereocenters. The number of rotatable bonds is 6. The smallest absolute Gasteiger partial charge is 0.324 e. The van der Waals surface area contributed by atoms with E-state index < -0.39 is 0 Å². The van der Waals surface area contributed by atoms with E-state index in [9.17, 15) is 0 Å². The van der Waals surface area contributed by atoms with Crippen molar-refractivity contribution in [3.63, 3.8) is 0 Å². The van der Waals surface area contributed by atoms with Crippen LogP contribution in [0.4, 0.5) is 5.95 Å². The number of nitrogens with two attached hydrogens (primary N) is 1. The van der Waals surface area contributed by atoms with Crippen molar-refractivity contribution in [3.05, 3.63) is 29.8 Å². The van der Waals surface area contributed by atoms with Gasteiger partial charge in [0.15, 0.2) is 0 Å². The summed E-state index contributed by atoms with van der Waals surface area (Å²) in [6, 6.07) is 7.81. The Morgan fingerprint density at radius 1 is 1.14 bits per heavy atom. The van der Waals surface area contributed by atoms with Gasteiger partial charge in [-0.25, -0.2) is 0 Å². The summed E-state index contributed by atoms with van der Waals surface area (Å²) in [5, 5.41) is 0. The average Bonchev–Trinajstić information content (AvgIpc) is 2.44. The second-order valence-electron chi connectivity index (χ2n) is 4.57. The molecular weight excluding hydrogens is 272 g/mol. The Balaban J connectivity index is 2.06. The molecule has 0 fully saturated rings. The standard InChI is InChI=1S/C14H18N4O3/c1-9(2)21-14-17-12(15)16-13(18-14)20-8-10-5-4-6-11(7-10)19-3/h4-7,9H,8H2,1-3H3,(H2,15,16,17,18). The molecule has 21 heavy (non-hydrogen) atoms. The fourth-order valence-electron chi connectivity index (χ4n) is 1.59. The van der Waals surface area contributed by atoms with E-state index in [1.165, 1.54) is 0 Å². The Labute approximate surface area is 123 Å². The van der Waals surface area contributed by atoms with E-state index in [0.29, 0.717) is 6.61 Å². The largest absolute Gasteiger partial charge is 0.497 e. The summed E-state index contributed by atoms with van der Waals surface area (Å²) in [4.78, 5) is 11.9. The molecule has 0 aliphatic rings. The summed E-state index contributed by atoms with van der Waals surface area (Å²) < 4.78 is 16.1. The highest BCUT2D eigenvalue weighted by atomic mass is 16.5. The molecule has 7 nitrogen and oxygen atoms in total. The first-order valence-corrected chi connectivity index (χ1v) is 6.50. The molecule has 0 aliphatic carbocycles. The lowest BCUT2D eigenvalue weighted by Gasteiger charge is -2.10. The van der Waals surface area contributed by atoms with E-state index in [1.54, 1.807) is 7.11 Å². The first kappa shape index (κ1) is 14.8. The SMILES string of the molecule is COc1cccc(COc2nc(N)nc(OC(C)C)n2)c1. The maximum atomic E-state index is 5.61. The van der Waals surface area contributed by atoms with Gasteiger partial charge < -0.3 is 19.9 Å². The van der Waals surface area contributed by atoms with E-state index in [0.717, 1.165) is 11.3 Å². The van der Waals surface area contributed by atoms with E-state index in [2.05, 4.69) is 15.0 Å². The van der Waals surface area contributed by atoms with Crippen LogP contribution in [-0.2, 0) is 6.61 Å². The Morgan fingerprint density at radius 2 is 1.90 bits per heavy atom. The lowest BCUT2D eigenvalue weighted by atomic mass is 10.2. The van der Waals surface area contributed by atoms with Gasteiger partial charge in [0, 0.05) is 0 Å². The molecule has 1 aromatic carbocycles. The van der Waals surface area contributed by atoms with Crippen LogP contribution in [0.1, 0.15) is 19.4 Å². The predicted octanol–water partition coefficient (Wildman–Crippen LogP) is 1.83. The minimum Gasteiger partial charge on any atom is -0.497 e. The molecule has 1 aromatic heterocycles. The van der Waals surface area contributed by atoms with Crippen LogP contribution in [0.2, 0.25) is 0 Å². The highest BCUT2D eigenvalue weighted by Gasteiger charge is 2.08. The van der Waals surface area contributed by atoms with Gasteiger partial charge in [-0.05, 0) is 31.5 Å². The summed E-state index contributed by atoms with van der Waals surface area (Å²) in [5.41, 5.74) is 6.54. The van der Waals surface area contributed by atoms with E-state index in [4.69, 9.17) is 19.9 Å². The van der Waals surface area contributed by atoms with E-state index in [1.807, 2.05) is 38.1 Å². The second-order valence-corrected chi connectivity index (χ2v) is 4.57. The third-order valence-electron chi connectivity index (χ3n) is 2.45. The highest BCUT2D eigenvalue weighted by molar-refractivity contribution is 5.28. The van der Waals surface area contributed by atoms with Gasteiger partial charge in [0.2, 0.25) is 5.95 Å². The van der Waals surface area contributed by atoms with Crippen LogP contribution in [0.15, 0.2) is 24.3 Å². The normalized spacial score (nSPS) is 10.5. The summed E-state index contributed by atoms with van der Waals surface area (Å²) in [7, 11) is 1.61. The van der Waals surface area contributed by atoms with Gasteiger partial charge in [-0.1, -0.05) is 12.1 Å². The van der Waals surface area contributed by atoms with Crippen molar-refractivity contribution < 1.29 is 14.2 Å². The average molecular weight is 290 g/mol. The maximum absolute atomic E-state index is 5.61. The first-order chi connectivity index (χ1) is 10.1. The zero-order valence-electron chi connectivity index (χ0n) is 12.2. The monoisotopic (exact) mass is 290 g/mol. The number of ether oxygens (including phenoxy) is 3. The molecule has 0 spiro atoms. The van der Waals surface area contributed by atoms with Crippen LogP contribution in [-0.4, -0.2) is 28.2 Å². The number of aromatic nitrogens is 3. The summed E-state index contributed by atoms with van der Waals surface area (Å²) in [6.07, 6.45) is -0.0574. The molecule has 0 aliphatic heterocycles. The molecule has 1 heterocycles. The number of methoxy groups -OCH3 is 1. The molecule has 112 valence electrons. The number of benzene rings is 1. The molecule has 0 radical (unpaired) electrons. The van der Waals surface area contributed by atoms with Crippen molar-refractivity contribution in [2.24, 2.45) is 0 Å². The lowest BCUT2D eigenvalue weighted by Crippen LogP contribution is -2.11. The van der Waals surface area contributed by atoms with Gasteiger partial charge in [-0.15, -0.1) is 4.98 Å². The Kier molecular flexibility index (Phi) is 4.76. The van der Waals surface area contributed by atoms with Gasteiger partial charge in [-0.2, -0.15) is 9.97 Å². The minimum atomic E-state index is -0.0574. The van der Waals surface area contributed by atoms with Crippen molar-refractivity contribution >= 4 is 5.95 Å². The number of nitrogen functional groups attached to an aromatic ring is 1. The molecular formula is C14H18N4O3. The number of anilines is 1. The Hall–Kier alpha value is -2.57. The number of hydrogen-bond acceptors (Lipinski definition) is 7. The van der Waals surface area contributed by atoms with Crippen LogP contribution >= 0.6 is 0 Å². The Morgan fingerprint density at radius 3 is 2.62 bits per heavy atom. The molecule has 0 saturated carbocycles. The van der Waals surface area contributed by atoms with E-state index in [-0.39, 0.29) is 24.1 Å². The third-order valence-corrected chi connectivity index (χ3v) is 2.45. The summed E-state index contributed by atoms with van der Waals surface area (Å²) in [6.45, 7) is 4.04. The molecule has 0 bridgehead atoms. The van der Waals surface area contributed by atoms with Gasteiger partial charge >= 0.3 is 12.0 Å². The van der Waals surface area contributed by atoms with Crippen LogP contribution < -0.4 is 19.9 Å². The van der Waals surface area contributed by atoms with Crippen molar-refractivity contribution in [2.45, 2.75) is 26.6 Å². The van der Waals surface area contributed by atoms with Crippen molar-refractivity contribution in [3.8, 4) is 17.8 Å². The van der Waals surface area contributed by atoms with Crippen LogP contribution in [0.3, 0.4) is 0 Å². The summed E-state index contributed by atoms with van der Waals surface area (Å²) in [5.74, 6) is 0.816. The quantitative estimate of drug-likeness (QED) is 0.867. The number of nitrogens with zero attached hydrogens (tertiary/aromatic N) is 3. The molecule has 2 aromatic rings. The highest BCUT2D eigenvalue weighted by Crippen LogP contribution is 2.16. The molecule has 0 saturated heterocycles. The minimum absolute atomic E-state index is 0.0568. The number of hydrogen-bond donors (Lipinski definition) is 1. The fraction of sp³-hybridized carbons (Fsp3) is 0.357. The van der Waals surface area contributed by atoms with Crippen molar-refractivity contribution in [1.29, 1.82) is 0 Å². The topological polar surface area (TPSA) is 92.4 Å². The van der Waals surface area contributed by atoms with Crippen LogP contribution in [0, 0.1) is 0 Å². The molecule has 2 N–H and O–H groups in total. The van der Waals surface area contributed by atoms with Gasteiger partial charge in [0.1, 0.15) is 12.4 Å². The second kappa shape index (κ2) is 6.74. The van der Waals surface area contributed by atoms with Crippen molar-refractivity contribution in [1.82, 2.24) is 15.0 Å². The third kappa shape index (κ3) is 4.48. The zero-order chi connectivity index (χ0) is 15.2. The molecule has 0 amide bonds. The van der Waals surface area contributed by atoms with Gasteiger partial charge in [0.05, 0.1) is 13.2 Å². The van der Waals surface area contributed by atoms with Crippen LogP contribution in [0.25, 0.3) is 0 Å². The Bertz CT molecular complexity index is 605. The van der Waals surface area contributed by atoms with E-state index >= 15 is 0 Å².